The van der Waals surface area contributed by atoms with Crippen LogP contribution >= 0.6 is 11.3 Å². The molecular weight excluding hydrogens is 340 g/mol. The molecule has 0 radical (unpaired) electrons. The zero-order valence-electron chi connectivity index (χ0n) is 14.7. The minimum atomic E-state index is 0.777. The van der Waals surface area contributed by atoms with E-state index in [0.717, 1.165) is 35.5 Å². The topological polar surface area (TPSA) is 41.0 Å². The maximum atomic E-state index is 4.56. The van der Waals surface area contributed by atoms with Crippen LogP contribution in [0.15, 0.2) is 54.4 Å². The van der Waals surface area contributed by atoms with E-state index < -0.39 is 0 Å². The summed E-state index contributed by atoms with van der Waals surface area (Å²) in [4.78, 5) is 12.5. The average molecular weight is 363 g/mol. The smallest absolute Gasteiger partial charge is 0.130 e. The van der Waals surface area contributed by atoms with Gasteiger partial charge in [-0.2, -0.15) is 0 Å². The Morgan fingerprint density at radius 1 is 1.19 bits per heavy atom. The average Bonchev–Trinajstić information content (AvgIpc) is 3.21. The van der Waals surface area contributed by atoms with Gasteiger partial charge in [0.2, 0.25) is 0 Å². The molecule has 4 nitrogen and oxygen atoms in total. The van der Waals surface area contributed by atoms with Crippen LogP contribution < -0.4 is 5.32 Å². The third-order valence-corrected chi connectivity index (χ3v) is 6.50. The van der Waals surface area contributed by atoms with Crippen LogP contribution in [0.2, 0.25) is 0 Å². The van der Waals surface area contributed by atoms with E-state index in [2.05, 4.69) is 51.0 Å². The van der Waals surface area contributed by atoms with Gasteiger partial charge in [-0.05, 0) is 42.3 Å². The van der Waals surface area contributed by atoms with Crippen molar-refractivity contribution >= 4 is 27.9 Å². The first-order valence-corrected chi connectivity index (χ1v) is 10.1. The van der Waals surface area contributed by atoms with Crippen LogP contribution in [0.3, 0.4) is 0 Å². The molecule has 0 spiro atoms. The molecule has 0 aliphatic carbocycles. The molecule has 2 aromatic heterocycles. The molecule has 2 unspecified atom stereocenters. The molecule has 2 fully saturated rings. The van der Waals surface area contributed by atoms with Gasteiger partial charge >= 0.3 is 0 Å². The number of anilines is 1. The van der Waals surface area contributed by atoms with Crippen molar-refractivity contribution in [3.8, 4) is 10.4 Å². The fourth-order valence-electron chi connectivity index (χ4n) is 4.32. The number of nitrogens with one attached hydrogen (secondary N) is 1. The van der Waals surface area contributed by atoms with Gasteiger partial charge in [0.1, 0.15) is 5.82 Å². The second-order valence-electron chi connectivity index (χ2n) is 7.37. The van der Waals surface area contributed by atoms with Gasteiger partial charge in [-0.1, -0.05) is 25.1 Å². The largest absolute Gasteiger partial charge is 0.343 e. The maximum absolute atomic E-state index is 4.56. The first-order valence-electron chi connectivity index (χ1n) is 9.25. The molecule has 5 rings (SSSR count). The van der Waals surface area contributed by atoms with Gasteiger partial charge < -0.3 is 5.32 Å². The van der Waals surface area contributed by atoms with E-state index in [1.54, 1.807) is 11.3 Å². The summed E-state index contributed by atoms with van der Waals surface area (Å²) in [5.41, 5.74) is 4.10. The molecule has 3 aromatic rings. The van der Waals surface area contributed by atoms with Crippen LogP contribution in [0.5, 0.6) is 0 Å². The lowest BCUT2D eigenvalue weighted by molar-refractivity contribution is -0.0183. The molecule has 0 saturated carbocycles. The number of hydrogen-bond donors (Lipinski definition) is 1. The van der Waals surface area contributed by atoms with Crippen LogP contribution in [0.4, 0.5) is 5.82 Å². The van der Waals surface area contributed by atoms with Crippen molar-refractivity contribution in [2.75, 3.05) is 11.9 Å². The Hall–Kier alpha value is -2.24. The Morgan fingerprint density at radius 3 is 2.85 bits per heavy atom. The molecular formula is C21H22N4S. The van der Waals surface area contributed by atoms with E-state index in [1.165, 1.54) is 41.5 Å². The van der Waals surface area contributed by atoms with Gasteiger partial charge in [0.05, 0.1) is 10.4 Å². The molecule has 2 aliphatic heterocycles. The molecule has 2 aliphatic rings. The van der Waals surface area contributed by atoms with E-state index in [-0.39, 0.29) is 0 Å². The second-order valence-corrected chi connectivity index (χ2v) is 8.26. The van der Waals surface area contributed by atoms with Crippen molar-refractivity contribution in [1.29, 1.82) is 0 Å². The van der Waals surface area contributed by atoms with Crippen molar-refractivity contribution in [2.24, 2.45) is 0 Å². The Kier molecular flexibility index (Phi) is 3.98. The monoisotopic (exact) mass is 362 g/mol. The highest BCUT2D eigenvalue weighted by atomic mass is 32.1. The number of benzene rings is 1. The zero-order chi connectivity index (χ0) is 17.5. The summed E-state index contributed by atoms with van der Waals surface area (Å²) in [6.45, 7) is 5.16. The van der Waals surface area contributed by atoms with E-state index in [9.17, 15) is 0 Å². The minimum Gasteiger partial charge on any atom is -0.343 e. The normalized spacial score (nSPS) is 22.2. The lowest BCUT2D eigenvalue weighted by Gasteiger charge is -2.53. The van der Waals surface area contributed by atoms with Crippen LogP contribution in [0.25, 0.3) is 21.2 Å². The molecule has 4 heterocycles. The van der Waals surface area contributed by atoms with E-state index >= 15 is 0 Å². The number of thiazole rings is 1. The van der Waals surface area contributed by atoms with E-state index in [4.69, 9.17) is 0 Å². The summed E-state index contributed by atoms with van der Waals surface area (Å²) < 4.78 is 0. The Bertz CT molecular complexity index is 936. The fraction of sp³-hybridized carbons (Fsp3) is 0.333. The Labute approximate surface area is 157 Å². The lowest BCUT2D eigenvalue weighted by atomic mass is 9.79. The van der Waals surface area contributed by atoms with Crippen LogP contribution in [-0.4, -0.2) is 33.5 Å². The molecule has 5 heteroatoms. The predicted molar refractivity (Wildman–Crippen MR) is 108 cm³/mol. The number of piperidine rings is 1. The number of fused-ring (bicyclic) bond motifs is 3. The number of hydrogen-bond acceptors (Lipinski definition) is 5. The van der Waals surface area contributed by atoms with Crippen LogP contribution in [-0.2, 0) is 0 Å². The maximum Gasteiger partial charge on any atom is 0.130 e. The van der Waals surface area contributed by atoms with Crippen molar-refractivity contribution in [1.82, 2.24) is 14.9 Å². The van der Waals surface area contributed by atoms with Gasteiger partial charge in [0.15, 0.2) is 0 Å². The Balaban J connectivity index is 1.33. The highest BCUT2D eigenvalue weighted by molar-refractivity contribution is 7.13. The van der Waals surface area contributed by atoms with Gasteiger partial charge in [-0.15, -0.1) is 11.3 Å². The third-order valence-electron chi connectivity index (χ3n) is 5.67. The van der Waals surface area contributed by atoms with Gasteiger partial charge in [-0.25, -0.2) is 4.98 Å². The van der Waals surface area contributed by atoms with Crippen LogP contribution in [0.1, 0.15) is 25.7 Å². The summed E-state index contributed by atoms with van der Waals surface area (Å²) in [6.07, 6.45) is 9.30. The first kappa shape index (κ1) is 16.0. The number of pyridine rings is 1. The lowest BCUT2D eigenvalue weighted by Crippen LogP contribution is -2.59. The van der Waals surface area contributed by atoms with Gasteiger partial charge in [-0.3, -0.25) is 9.88 Å². The third kappa shape index (κ3) is 2.91. The molecule has 26 heavy (non-hydrogen) atoms. The molecule has 2 atom stereocenters. The minimum absolute atomic E-state index is 0.777. The molecule has 132 valence electrons. The molecule has 2 bridgehead atoms. The highest BCUT2D eigenvalue weighted by Gasteiger charge is 2.40. The molecule has 1 aromatic carbocycles. The first-order chi connectivity index (χ1) is 12.8. The van der Waals surface area contributed by atoms with Crippen molar-refractivity contribution < 1.29 is 0 Å². The highest BCUT2D eigenvalue weighted by Crippen LogP contribution is 2.38. The predicted octanol–water partition coefficient (Wildman–Crippen LogP) is 4.91. The Morgan fingerprint density at radius 2 is 2.08 bits per heavy atom. The fourth-order valence-corrected chi connectivity index (χ4v) is 4.94. The summed E-state index contributed by atoms with van der Waals surface area (Å²) >= 11 is 1.66. The second kappa shape index (κ2) is 6.49. The number of rotatable bonds is 5. The summed E-state index contributed by atoms with van der Waals surface area (Å²) in [7, 11) is 0. The molecule has 1 N–H and O–H groups in total. The summed E-state index contributed by atoms with van der Waals surface area (Å²) in [6, 6.07) is 10.1. The van der Waals surface area contributed by atoms with Gasteiger partial charge in [0, 0.05) is 42.1 Å². The van der Waals surface area contributed by atoms with Crippen LogP contribution in [0, 0.1) is 0 Å². The molecule has 2 saturated heterocycles. The zero-order valence-corrected chi connectivity index (χ0v) is 15.5. The quantitative estimate of drug-likeness (QED) is 0.700. The molecule has 0 amide bonds. The standard InChI is InChI=1S/C21H22N4S/c1-14(12-25-18-3-2-4-19(25)9-18)24-21-8-17-7-15(20-11-22-13-26-20)5-6-16(17)10-23-21/h5-8,10-11,13,18-19H,1-4,9,12H2,(H,23,24). The number of aromatic nitrogens is 2. The van der Waals surface area contributed by atoms with E-state index in [0.29, 0.717) is 0 Å². The summed E-state index contributed by atoms with van der Waals surface area (Å²) in [5.74, 6) is 0.870. The van der Waals surface area contributed by atoms with Crippen molar-refractivity contribution in [2.45, 2.75) is 37.8 Å². The van der Waals surface area contributed by atoms with E-state index in [1.807, 2.05) is 17.9 Å². The van der Waals surface area contributed by atoms with Gasteiger partial charge in [0.25, 0.3) is 0 Å². The summed E-state index contributed by atoms with van der Waals surface area (Å²) in [5, 5.41) is 5.75. The number of nitrogens with zero attached hydrogens (tertiary/aromatic N) is 3. The van der Waals surface area contributed by atoms with Crippen molar-refractivity contribution in [3.63, 3.8) is 0 Å². The SMILES string of the molecule is C=C(CN1C2CCCC1C2)Nc1cc2cc(-c3cncs3)ccc2cn1. The van der Waals surface area contributed by atoms with Crippen molar-refractivity contribution in [3.05, 3.63) is 54.4 Å².